The fraction of sp³-hybridized carbons (Fsp3) is 0.611. The van der Waals surface area contributed by atoms with Gasteiger partial charge in [-0.15, -0.1) is 24.0 Å². The molecule has 1 aromatic rings. The first-order valence-corrected chi connectivity index (χ1v) is 8.20. The average molecular weight is 449 g/mol. The Hall–Kier alpha value is -1.02. The normalized spacial score (nSPS) is 11.6. The molecule has 0 aliphatic rings. The smallest absolute Gasteiger partial charge is 0.191 e. The van der Waals surface area contributed by atoms with Gasteiger partial charge in [0, 0.05) is 38.8 Å². The van der Waals surface area contributed by atoms with Crippen LogP contribution in [0.4, 0.5) is 0 Å². The van der Waals surface area contributed by atoms with Crippen molar-refractivity contribution in [3.05, 3.63) is 29.8 Å². The summed E-state index contributed by atoms with van der Waals surface area (Å²) in [6.45, 7) is 9.62. The molecule has 0 heterocycles. The van der Waals surface area contributed by atoms with Crippen LogP contribution < -0.4 is 15.4 Å². The minimum absolute atomic E-state index is 0. The van der Waals surface area contributed by atoms with Crippen molar-refractivity contribution in [3.8, 4) is 5.75 Å². The van der Waals surface area contributed by atoms with E-state index in [0.717, 1.165) is 44.4 Å². The minimum atomic E-state index is -0.00475. The van der Waals surface area contributed by atoms with E-state index in [9.17, 15) is 0 Å². The van der Waals surface area contributed by atoms with E-state index in [1.165, 1.54) is 5.56 Å². The fourth-order valence-corrected chi connectivity index (χ4v) is 2.19. The standard InChI is InChI=1S/C18H31N3O2.HI/c1-6-23-13-7-12-20-17(19-4)21-14-18(2,3)15-8-10-16(22-5)11-9-15;/h8-11H,6-7,12-14H2,1-5H3,(H2,19,20,21);1H. The molecule has 1 rings (SSSR count). The number of nitrogens with zero attached hydrogens (tertiary/aromatic N) is 1. The number of nitrogens with one attached hydrogen (secondary N) is 2. The van der Waals surface area contributed by atoms with Crippen molar-refractivity contribution in [2.24, 2.45) is 4.99 Å². The largest absolute Gasteiger partial charge is 0.497 e. The van der Waals surface area contributed by atoms with Crippen molar-refractivity contribution in [1.29, 1.82) is 0 Å². The van der Waals surface area contributed by atoms with Crippen molar-refractivity contribution < 1.29 is 9.47 Å². The highest BCUT2D eigenvalue weighted by atomic mass is 127. The summed E-state index contributed by atoms with van der Waals surface area (Å²) in [7, 11) is 3.47. The van der Waals surface area contributed by atoms with E-state index in [-0.39, 0.29) is 29.4 Å². The first-order chi connectivity index (χ1) is 11.0. The molecule has 0 fully saturated rings. The topological polar surface area (TPSA) is 54.9 Å². The Morgan fingerprint density at radius 3 is 2.38 bits per heavy atom. The number of halogens is 1. The van der Waals surface area contributed by atoms with Crippen LogP contribution in [-0.2, 0) is 10.2 Å². The Morgan fingerprint density at radius 2 is 1.83 bits per heavy atom. The first-order valence-electron chi connectivity index (χ1n) is 8.20. The number of benzene rings is 1. The van der Waals surface area contributed by atoms with Gasteiger partial charge in [-0.1, -0.05) is 26.0 Å². The maximum absolute atomic E-state index is 5.33. The summed E-state index contributed by atoms with van der Waals surface area (Å²) in [4.78, 5) is 4.26. The highest BCUT2D eigenvalue weighted by Crippen LogP contribution is 2.24. The molecule has 0 spiro atoms. The summed E-state index contributed by atoms with van der Waals surface area (Å²) < 4.78 is 10.5. The number of hydrogen-bond acceptors (Lipinski definition) is 3. The summed E-state index contributed by atoms with van der Waals surface area (Å²) in [6, 6.07) is 8.22. The van der Waals surface area contributed by atoms with Gasteiger partial charge in [0.25, 0.3) is 0 Å². The van der Waals surface area contributed by atoms with Crippen LogP contribution in [0.25, 0.3) is 0 Å². The predicted molar refractivity (Wildman–Crippen MR) is 112 cm³/mol. The monoisotopic (exact) mass is 449 g/mol. The predicted octanol–water partition coefficient (Wildman–Crippen LogP) is 3.18. The maximum Gasteiger partial charge on any atom is 0.191 e. The van der Waals surface area contributed by atoms with Crippen LogP contribution >= 0.6 is 24.0 Å². The number of rotatable bonds is 9. The zero-order chi connectivity index (χ0) is 17.1. The second-order valence-corrected chi connectivity index (χ2v) is 6.02. The van der Waals surface area contributed by atoms with E-state index < -0.39 is 0 Å². The zero-order valence-corrected chi connectivity index (χ0v) is 17.8. The highest BCUT2D eigenvalue weighted by molar-refractivity contribution is 14.0. The van der Waals surface area contributed by atoms with Gasteiger partial charge >= 0.3 is 0 Å². The highest BCUT2D eigenvalue weighted by Gasteiger charge is 2.20. The molecule has 2 N–H and O–H groups in total. The van der Waals surface area contributed by atoms with Gasteiger partial charge in [-0.3, -0.25) is 4.99 Å². The van der Waals surface area contributed by atoms with Crippen molar-refractivity contribution >= 4 is 29.9 Å². The molecule has 24 heavy (non-hydrogen) atoms. The lowest BCUT2D eigenvalue weighted by Gasteiger charge is -2.27. The Balaban J connectivity index is 0.00000529. The van der Waals surface area contributed by atoms with E-state index in [1.807, 2.05) is 19.1 Å². The van der Waals surface area contributed by atoms with Crippen molar-refractivity contribution in [2.45, 2.75) is 32.6 Å². The lowest BCUT2D eigenvalue weighted by atomic mass is 9.84. The van der Waals surface area contributed by atoms with Gasteiger partial charge in [-0.25, -0.2) is 0 Å². The molecule has 0 saturated heterocycles. The molecular formula is C18H32IN3O2. The Bertz CT molecular complexity index is 476. The molecule has 0 aliphatic carbocycles. The van der Waals surface area contributed by atoms with E-state index >= 15 is 0 Å². The number of aliphatic imine (C=N–C) groups is 1. The van der Waals surface area contributed by atoms with Crippen LogP contribution in [0.2, 0.25) is 0 Å². The third-order valence-corrected chi connectivity index (χ3v) is 3.75. The van der Waals surface area contributed by atoms with Crippen LogP contribution in [0.5, 0.6) is 5.75 Å². The molecule has 6 heteroatoms. The molecule has 0 aromatic heterocycles. The lowest BCUT2D eigenvalue weighted by Crippen LogP contribution is -2.43. The van der Waals surface area contributed by atoms with E-state index in [0.29, 0.717) is 0 Å². The fourth-order valence-electron chi connectivity index (χ4n) is 2.19. The summed E-state index contributed by atoms with van der Waals surface area (Å²) in [5.74, 6) is 1.70. The molecule has 0 saturated carbocycles. The number of ether oxygens (including phenoxy) is 2. The van der Waals surface area contributed by atoms with Gasteiger partial charge in [-0.05, 0) is 31.0 Å². The van der Waals surface area contributed by atoms with Gasteiger partial charge in [0.15, 0.2) is 5.96 Å². The Morgan fingerprint density at radius 1 is 1.17 bits per heavy atom. The van der Waals surface area contributed by atoms with Crippen LogP contribution in [0.1, 0.15) is 32.8 Å². The Labute approximate surface area is 163 Å². The quantitative estimate of drug-likeness (QED) is 0.263. The molecule has 0 radical (unpaired) electrons. The van der Waals surface area contributed by atoms with Gasteiger partial charge < -0.3 is 20.1 Å². The third kappa shape index (κ3) is 8.19. The van der Waals surface area contributed by atoms with Crippen molar-refractivity contribution in [3.63, 3.8) is 0 Å². The van der Waals surface area contributed by atoms with Crippen LogP contribution in [-0.4, -0.2) is 46.4 Å². The van der Waals surface area contributed by atoms with Crippen molar-refractivity contribution in [1.82, 2.24) is 10.6 Å². The maximum atomic E-state index is 5.33. The summed E-state index contributed by atoms with van der Waals surface area (Å²) in [6.07, 6.45) is 0.969. The van der Waals surface area contributed by atoms with E-state index in [4.69, 9.17) is 9.47 Å². The number of guanidine groups is 1. The summed E-state index contributed by atoms with van der Waals surface area (Å²) in [5, 5.41) is 6.70. The zero-order valence-electron chi connectivity index (χ0n) is 15.5. The van der Waals surface area contributed by atoms with Crippen LogP contribution in [0.3, 0.4) is 0 Å². The second kappa shape index (κ2) is 12.4. The molecule has 1 aromatic carbocycles. The van der Waals surface area contributed by atoms with Crippen LogP contribution in [0, 0.1) is 0 Å². The number of hydrogen-bond donors (Lipinski definition) is 2. The lowest BCUT2D eigenvalue weighted by molar-refractivity contribution is 0.145. The summed E-state index contributed by atoms with van der Waals surface area (Å²) in [5.41, 5.74) is 1.26. The molecule has 0 aliphatic heterocycles. The Kier molecular flexibility index (Phi) is 11.8. The average Bonchev–Trinajstić information content (AvgIpc) is 2.57. The van der Waals surface area contributed by atoms with Gasteiger partial charge in [0.2, 0.25) is 0 Å². The molecule has 0 unspecified atom stereocenters. The number of methoxy groups -OCH3 is 1. The van der Waals surface area contributed by atoms with Gasteiger partial charge in [0.1, 0.15) is 5.75 Å². The van der Waals surface area contributed by atoms with Gasteiger partial charge in [0.05, 0.1) is 7.11 Å². The minimum Gasteiger partial charge on any atom is -0.497 e. The molecule has 0 bridgehead atoms. The first kappa shape index (κ1) is 23.0. The van der Waals surface area contributed by atoms with E-state index in [2.05, 4.69) is 41.6 Å². The third-order valence-electron chi connectivity index (χ3n) is 3.75. The molecular weight excluding hydrogens is 417 g/mol. The van der Waals surface area contributed by atoms with E-state index in [1.54, 1.807) is 14.2 Å². The van der Waals surface area contributed by atoms with Gasteiger partial charge in [-0.2, -0.15) is 0 Å². The molecule has 0 amide bonds. The second-order valence-electron chi connectivity index (χ2n) is 6.02. The van der Waals surface area contributed by atoms with Crippen LogP contribution in [0.15, 0.2) is 29.3 Å². The summed E-state index contributed by atoms with van der Waals surface area (Å²) >= 11 is 0. The molecule has 5 nitrogen and oxygen atoms in total. The molecule has 0 atom stereocenters. The van der Waals surface area contributed by atoms with Crippen molar-refractivity contribution in [2.75, 3.05) is 40.5 Å². The molecule has 138 valence electrons. The SMILES string of the molecule is CCOCCCNC(=NC)NCC(C)(C)c1ccc(OC)cc1.I.